The molecule has 0 fully saturated rings. The molecule has 0 N–H and O–H groups in total. The summed E-state index contributed by atoms with van der Waals surface area (Å²) < 4.78 is 7.08. The lowest BCUT2D eigenvalue weighted by atomic mass is 10.0. The number of anilines is 6. The van der Waals surface area contributed by atoms with E-state index in [1.54, 1.807) is 0 Å². The molecule has 0 unspecified atom stereocenters. The fourth-order valence-corrected chi connectivity index (χ4v) is 11.9. The number of rotatable bonds is 8. The highest BCUT2D eigenvalue weighted by Crippen LogP contribution is 2.45. The first-order valence-electron chi connectivity index (χ1n) is 19.3. The van der Waals surface area contributed by atoms with Gasteiger partial charge in [0.2, 0.25) is 0 Å². The van der Waals surface area contributed by atoms with Gasteiger partial charge in [-0.2, -0.15) is 0 Å². The molecule has 8 aromatic carbocycles. The zero-order chi connectivity index (χ0) is 37.6. The van der Waals surface area contributed by atoms with E-state index < -0.39 is 8.07 Å². The Hall–Kier alpha value is -6.88. The Bertz CT molecular complexity index is 2830. The van der Waals surface area contributed by atoms with E-state index in [1.807, 2.05) is 0 Å². The first-order chi connectivity index (χ1) is 27.6. The largest absolute Gasteiger partial charge is 0.456 e. The maximum atomic E-state index is 7.08. The summed E-state index contributed by atoms with van der Waals surface area (Å²) in [5.41, 5.74) is 13.4. The van der Waals surface area contributed by atoms with Gasteiger partial charge in [-0.25, -0.2) is 0 Å². The van der Waals surface area contributed by atoms with Crippen molar-refractivity contribution in [2.24, 2.45) is 0 Å². The van der Waals surface area contributed by atoms with Gasteiger partial charge >= 0.3 is 0 Å². The minimum Gasteiger partial charge on any atom is -0.456 e. The van der Waals surface area contributed by atoms with Crippen molar-refractivity contribution >= 4 is 63.5 Å². The van der Waals surface area contributed by atoms with E-state index in [4.69, 9.17) is 4.42 Å². The van der Waals surface area contributed by atoms with Crippen LogP contribution in [0.15, 0.2) is 211 Å². The smallest absolute Gasteiger partial charge is 0.136 e. The number of fused-ring (bicyclic) bond motifs is 5. The van der Waals surface area contributed by atoms with Gasteiger partial charge in [-0.05, 0) is 82.2 Å². The fraction of sp³-hybridized carbons (Fsp3) is 0.0385. The lowest BCUT2D eigenvalue weighted by Gasteiger charge is -2.29. The Morgan fingerprint density at radius 1 is 0.393 bits per heavy atom. The summed E-state index contributed by atoms with van der Waals surface area (Å²) in [4.78, 5) is 4.74. The first-order valence-corrected chi connectivity index (χ1v) is 22.3. The molecule has 4 heteroatoms. The van der Waals surface area contributed by atoms with Crippen LogP contribution in [0.3, 0.4) is 0 Å². The van der Waals surface area contributed by atoms with E-state index >= 15 is 0 Å². The highest BCUT2D eigenvalue weighted by atomic mass is 28.3. The van der Waals surface area contributed by atoms with E-state index in [0.717, 1.165) is 45.5 Å². The lowest BCUT2D eigenvalue weighted by molar-refractivity contribution is 0.635. The summed E-state index contributed by atoms with van der Waals surface area (Å²) in [5, 5.41) is 3.99. The molecule has 3 nitrogen and oxygen atoms in total. The van der Waals surface area contributed by atoms with Crippen LogP contribution in [0, 0.1) is 0 Å². The number of furan rings is 1. The van der Waals surface area contributed by atoms with Gasteiger partial charge in [0.1, 0.15) is 19.4 Å². The summed E-state index contributed by atoms with van der Waals surface area (Å²) in [5.74, 6) is 1.01. The Labute approximate surface area is 329 Å². The van der Waals surface area contributed by atoms with E-state index in [2.05, 4.69) is 229 Å². The number of benzene rings is 8. The molecule has 10 rings (SSSR count). The number of nitrogens with zero attached hydrogens (tertiary/aromatic N) is 2. The van der Waals surface area contributed by atoms with Gasteiger partial charge in [-0.3, -0.25) is 0 Å². The van der Waals surface area contributed by atoms with Gasteiger partial charge in [-0.15, -0.1) is 0 Å². The summed E-state index contributed by atoms with van der Waals surface area (Å²) >= 11 is 0. The van der Waals surface area contributed by atoms with Crippen LogP contribution in [-0.2, 0) is 0 Å². The Kier molecular flexibility index (Phi) is 8.27. The monoisotopic (exact) mass is 736 g/mol. The van der Waals surface area contributed by atoms with Crippen LogP contribution in [-0.4, -0.2) is 8.07 Å². The molecule has 0 amide bonds. The molecule has 9 aromatic rings. The Morgan fingerprint density at radius 2 is 0.839 bits per heavy atom. The molecule has 0 atom stereocenters. The van der Waals surface area contributed by atoms with Crippen molar-refractivity contribution < 1.29 is 4.42 Å². The molecule has 0 bridgehead atoms. The summed E-state index contributed by atoms with van der Waals surface area (Å²) in [6, 6.07) is 73.8. The van der Waals surface area contributed by atoms with Crippen LogP contribution >= 0.6 is 0 Å². The first kappa shape index (κ1) is 33.7. The van der Waals surface area contributed by atoms with Crippen molar-refractivity contribution in [3.63, 3.8) is 0 Å². The molecule has 0 saturated carbocycles. The van der Waals surface area contributed by atoms with Crippen molar-refractivity contribution in [3.8, 4) is 33.6 Å². The molecule has 0 radical (unpaired) electrons. The van der Waals surface area contributed by atoms with Crippen LogP contribution in [0.5, 0.6) is 0 Å². The third-order valence-electron chi connectivity index (χ3n) is 11.2. The van der Waals surface area contributed by atoms with Crippen LogP contribution in [0.25, 0.3) is 44.5 Å². The van der Waals surface area contributed by atoms with E-state index in [9.17, 15) is 0 Å². The van der Waals surface area contributed by atoms with Crippen LogP contribution in [0.4, 0.5) is 34.1 Å². The zero-order valence-corrected chi connectivity index (χ0v) is 32.4. The molecule has 1 aliphatic heterocycles. The molecular weight excluding hydrogens is 697 g/mol. The van der Waals surface area contributed by atoms with E-state index in [0.29, 0.717) is 0 Å². The van der Waals surface area contributed by atoms with E-state index in [-0.39, 0.29) is 0 Å². The quantitative estimate of drug-likeness (QED) is 0.145. The van der Waals surface area contributed by atoms with Crippen LogP contribution < -0.4 is 20.2 Å². The molecule has 0 aliphatic carbocycles. The molecule has 2 heterocycles. The SMILES string of the molecule is C[Si]1(C)c2ccc(N(c3ccccc3)c3ccccc3-c3ccccc3)cc2-c2oc3cc(N(c4ccccc4)c4ccccc4-c4ccccc4)ccc3c21. The normalized spacial score (nSPS) is 12.6. The highest BCUT2D eigenvalue weighted by molar-refractivity contribution is 7.05. The molecule has 268 valence electrons. The predicted molar refractivity (Wildman–Crippen MR) is 239 cm³/mol. The molecule has 1 aromatic heterocycles. The van der Waals surface area contributed by atoms with E-state index in [1.165, 1.54) is 43.6 Å². The Morgan fingerprint density at radius 3 is 1.38 bits per heavy atom. The highest BCUT2D eigenvalue weighted by Gasteiger charge is 2.42. The van der Waals surface area contributed by atoms with Gasteiger partial charge in [0.15, 0.2) is 0 Å². The molecular formula is C52H40N2OSi. The second kappa shape index (κ2) is 13.8. The molecule has 0 saturated heterocycles. The van der Waals surface area contributed by atoms with Gasteiger partial charge in [0.25, 0.3) is 0 Å². The van der Waals surface area contributed by atoms with Crippen LogP contribution in [0.2, 0.25) is 13.1 Å². The average molecular weight is 737 g/mol. The number of para-hydroxylation sites is 4. The van der Waals surface area contributed by atoms with Gasteiger partial charge in [0.05, 0.1) is 11.4 Å². The van der Waals surface area contributed by atoms with Gasteiger partial charge in [-0.1, -0.05) is 153 Å². The summed E-state index contributed by atoms with van der Waals surface area (Å²) in [6.45, 7) is 4.93. The number of hydrogen-bond donors (Lipinski definition) is 0. The van der Waals surface area contributed by atoms with Gasteiger partial charge < -0.3 is 14.2 Å². The Balaban J connectivity index is 1.13. The maximum absolute atomic E-state index is 7.08. The van der Waals surface area contributed by atoms with Crippen LogP contribution in [0.1, 0.15) is 0 Å². The molecule has 56 heavy (non-hydrogen) atoms. The summed E-state index contributed by atoms with van der Waals surface area (Å²) in [6.07, 6.45) is 0. The number of hydrogen-bond acceptors (Lipinski definition) is 3. The minimum absolute atomic E-state index is 0.914. The van der Waals surface area contributed by atoms with Crippen molar-refractivity contribution in [1.82, 2.24) is 0 Å². The van der Waals surface area contributed by atoms with Gasteiger partial charge in [0, 0.05) is 50.9 Å². The fourth-order valence-electron chi connectivity index (χ4n) is 8.64. The minimum atomic E-state index is -2.12. The van der Waals surface area contributed by atoms with Crippen molar-refractivity contribution in [2.75, 3.05) is 9.80 Å². The predicted octanol–water partition coefficient (Wildman–Crippen LogP) is 13.5. The second-order valence-electron chi connectivity index (χ2n) is 14.9. The molecule has 1 aliphatic rings. The third kappa shape index (κ3) is 5.65. The second-order valence-corrected chi connectivity index (χ2v) is 19.2. The van der Waals surface area contributed by atoms with Crippen molar-refractivity contribution in [1.29, 1.82) is 0 Å². The van der Waals surface area contributed by atoms with Crippen molar-refractivity contribution in [3.05, 3.63) is 206 Å². The average Bonchev–Trinajstić information content (AvgIpc) is 3.75. The maximum Gasteiger partial charge on any atom is 0.136 e. The standard InChI is InChI=1S/C52H40N2OSi/c1-56(2)50-34-32-41(53(39-23-11-5-12-24-39)47-29-17-15-27-43(47)37-19-7-3-8-20-37)35-46(50)51-52(56)45-33-31-42(36-49(45)55-51)54(40-25-13-6-14-26-40)48-30-18-16-28-44(48)38-21-9-4-10-22-38/h3-36H,1-2H3. The zero-order valence-electron chi connectivity index (χ0n) is 31.4. The third-order valence-corrected chi connectivity index (χ3v) is 14.8. The van der Waals surface area contributed by atoms with Crippen molar-refractivity contribution in [2.45, 2.75) is 13.1 Å². The lowest BCUT2D eigenvalue weighted by Crippen LogP contribution is -2.49. The topological polar surface area (TPSA) is 19.6 Å². The summed E-state index contributed by atoms with van der Waals surface area (Å²) in [7, 11) is -2.12. The molecule has 0 spiro atoms.